The van der Waals surface area contributed by atoms with E-state index in [0.717, 1.165) is 17.1 Å². The molecule has 7 nitrogen and oxygen atoms in total. The fourth-order valence-electron chi connectivity index (χ4n) is 4.31. The molecule has 5 aromatic rings. The number of carbonyl (C=O) groups is 1. The molecule has 34 heavy (non-hydrogen) atoms. The van der Waals surface area contributed by atoms with Crippen LogP contribution >= 0.6 is 0 Å². The van der Waals surface area contributed by atoms with Crippen LogP contribution in [0.5, 0.6) is 0 Å². The smallest absolute Gasteiger partial charge is 0.211 e. The van der Waals surface area contributed by atoms with Crippen LogP contribution in [0.4, 0.5) is 0 Å². The van der Waals surface area contributed by atoms with E-state index in [-0.39, 0.29) is 15.4 Å². The van der Waals surface area contributed by atoms with Crippen molar-refractivity contribution in [3.8, 4) is 17.1 Å². The molecule has 0 radical (unpaired) electrons. The topological polar surface area (TPSA) is 86.8 Å². The van der Waals surface area contributed by atoms with Gasteiger partial charge in [0.15, 0.2) is 11.3 Å². The van der Waals surface area contributed by atoms with Crippen LogP contribution < -0.4 is 0 Å². The Balaban J connectivity index is 1.62. The van der Waals surface area contributed by atoms with Gasteiger partial charge in [0.2, 0.25) is 15.6 Å². The lowest BCUT2D eigenvalue weighted by Crippen LogP contribution is -2.05. The lowest BCUT2D eigenvalue weighted by Gasteiger charge is -2.06. The van der Waals surface area contributed by atoms with Gasteiger partial charge in [0.1, 0.15) is 16.6 Å². The van der Waals surface area contributed by atoms with Crippen molar-refractivity contribution in [2.24, 2.45) is 7.05 Å². The molecule has 0 N–H and O–H groups in total. The van der Waals surface area contributed by atoms with Crippen molar-refractivity contribution in [1.82, 2.24) is 19.1 Å². The molecular formula is C26H18N4O3S. The van der Waals surface area contributed by atoms with E-state index in [4.69, 9.17) is 9.97 Å². The first-order chi connectivity index (χ1) is 16.5. The van der Waals surface area contributed by atoms with E-state index in [2.05, 4.69) is 0 Å². The quantitative estimate of drug-likeness (QED) is 0.367. The molecule has 0 saturated carbocycles. The molecule has 0 fully saturated rings. The fraction of sp³-hybridized carbons (Fsp3) is 0.0385. The van der Waals surface area contributed by atoms with Gasteiger partial charge in [-0.05, 0) is 24.3 Å². The Morgan fingerprint density at radius 3 is 2.15 bits per heavy atom. The van der Waals surface area contributed by atoms with Gasteiger partial charge in [0, 0.05) is 29.9 Å². The van der Waals surface area contributed by atoms with Gasteiger partial charge in [-0.15, -0.1) is 0 Å². The molecule has 0 bridgehead atoms. The summed E-state index contributed by atoms with van der Waals surface area (Å²) >= 11 is 0. The molecule has 0 saturated heterocycles. The average Bonchev–Trinajstić information content (AvgIpc) is 3.44. The SMILES string of the molecule is Cn1c(-c2ccccc2)nc2c1nc(/C=C1\C(=O)c3ccccc3S1(=O)=O)n2-c1ccccc1. The van der Waals surface area contributed by atoms with Crippen molar-refractivity contribution in [3.05, 3.63) is 101 Å². The summed E-state index contributed by atoms with van der Waals surface area (Å²) in [5.74, 6) is 0.526. The summed E-state index contributed by atoms with van der Waals surface area (Å²) in [5.41, 5.74) is 3.02. The second-order valence-electron chi connectivity index (χ2n) is 7.99. The summed E-state index contributed by atoms with van der Waals surface area (Å²) < 4.78 is 30.0. The fourth-order valence-corrected chi connectivity index (χ4v) is 5.87. The zero-order chi connectivity index (χ0) is 23.4. The molecule has 1 aliphatic heterocycles. The third-order valence-corrected chi connectivity index (χ3v) is 7.77. The number of aryl methyl sites for hydroxylation is 1. The molecule has 0 atom stereocenters. The number of hydrogen-bond acceptors (Lipinski definition) is 5. The van der Waals surface area contributed by atoms with Crippen molar-refractivity contribution < 1.29 is 13.2 Å². The molecule has 0 amide bonds. The highest BCUT2D eigenvalue weighted by Crippen LogP contribution is 2.36. The minimum Gasteiger partial charge on any atom is -0.310 e. The third kappa shape index (κ3) is 2.89. The summed E-state index contributed by atoms with van der Waals surface area (Å²) in [4.78, 5) is 22.3. The normalized spacial score (nSPS) is 15.8. The van der Waals surface area contributed by atoms with E-state index >= 15 is 0 Å². The number of carbonyl (C=O) groups excluding carboxylic acids is 1. The average molecular weight is 467 g/mol. The zero-order valence-corrected chi connectivity index (χ0v) is 18.9. The predicted molar refractivity (Wildman–Crippen MR) is 129 cm³/mol. The molecule has 166 valence electrons. The number of Topliss-reactive ketones (excluding diaryl/α,β-unsaturated/α-hetero) is 1. The first-order valence-corrected chi connectivity index (χ1v) is 12.1. The number of ketones is 1. The lowest BCUT2D eigenvalue weighted by atomic mass is 10.1. The maximum atomic E-state index is 13.2. The van der Waals surface area contributed by atoms with E-state index in [1.54, 1.807) is 16.7 Å². The third-order valence-electron chi connectivity index (χ3n) is 5.95. The highest BCUT2D eigenvalue weighted by atomic mass is 32.2. The second-order valence-corrected chi connectivity index (χ2v) is 9.87. The van der Waals surface area contributed by atoms with E-state index in [1.165, 1.54) is 18.2 Å². The van der Waals surface area contributed by atoms with E-state index < -0.39 is 15.6 Å². The molecule has 0 spiro atoms. The second kappa shape index (κ2) is 7.36. The van der Waals surface area contributed by atoms with Crippen molar-refractivity contribution >= 4 is 33.0 Å². The molecule has 2 aromatic heterocycles. The Hall–Kier alpha value is -4.30. The monoisotopic (exact) mass is 466 g/mol. The van der Waals surface area contributed by atoms with Crippen LogP contribution in [0.15, 0.2) is 94.7 Å². The number of aromatic nitrogens is 4. The van der Waals surface area contributed by atoms with Crippen LogP contribution in [0.2, 0.25) is 0 Å². The number of imidazole rings is 2. The standard InChI is InChI=1S/C26H18N4O3S/c1-29-24(17-10-4-2-5-11-17)28-26-25(29)27-22(30(26)18-12-6-3-7-13-18)16-21-23(31)19-14-8-9-15-20(19)34(21,32)33/h2-16H,1H3/b21-16+. The van der Waals surface area contributed by atoms with Crippen LogP contribution in [0.3, 0.4) is 0 Å². The van der Waals surface area contributed by atoms with Gasteiger partial charge in [-0.3, -0.25) is 9.36 Å². The Labute approximate surface area is 195 Å². The molecule has 3 heterocycles. The number of allylic oxidation sites excluding steroid dienone is 1. The van der Waals surface area contributed by atoms with Crippen LogP contribution in [0.1, 0.15) is 16.2 Å². The van der Waals surface area contributed by atoms with E-state index in [1.807, 2.05) is 72.3 Å². The van der Waals surface area contributed by atoms with E-state index in [0.29, 0.717) is 17.1 Å². The molecule has 6 rings (SSSR count). The lowest BCUT2D eigenvalue weighted by molar-refractivity contribution is 0.104. The summed E-state index contributed by atoms with van der Waals surface area (Å²) in [6.45, 7) is 0. The zero-order valence-electron chi connectivity index (χ0n) is 18.1. The Morgan fingerprint density at radius 2 is 1.44 bits per heavy atom. The van der Waals surface area contributed by atoms with Crippen LogP contribution in [-0.4, -0.2) is 33.3 Å². The van der Waals surface area contributed by atoms with Gasteiger partial charge in [0.05, 0.1) is 4.90 Å². The molecular weight excluding hydrogens is 448 g/mol. The molecule has 0 unspecified atom stereocenters. The van der Waals surface area contributed by atoms with Gasteiger partial charge in [-0.25, -0.2) is 18.4 Å². The predicted octanol–water partition coefficient (Wildman–Crippen LogP) is 4.44. The first kappa shape index (κ1) is 20.3. The van der Waals surface area contributed by atoms with Crippen molar-refractivity contribution in [3.63, 3.8) is 0 Å². The minimum atomic E-state index is -3.94. The first-order valence-electron chi connectivity index (χ1n) is 10.6. The Bertz CT molecular complexity index is 1730. The number of sulfone groups is 1. The van der Waals surface area contributed by atoms with E-state index in [9.17, 15) is 13.2 Å². The number of rotatable bonds is 3. The van der Waals surface area contributed by atoms with Crippen molar-refractivity contribution in [1.29, 1.82) is 0 Å². The summed E-state index contributed by atoms with van der Waals surface area (Å²) in [5, 5.41) is 0. The number of nitrogens with zero attached hydrogens (tertiary/aromatic N) is 4. The highest BCUT2D eigenvalue weighted by Gasteiger charge is 2.39. The van der Waals surface area contributed by atoms with Gasteiger partial charge in [0.25, 0.3) is 0 Å². The number of para-hydroxylation sites is 1. The van der Waals surface area contributed by atoms with Gasteiger partial charge in [-0.1, -0.05) is 60.7 Å². The largest absolute Gasteiger partial charge is 0.310 e. The Kier molecular flexibility index (Phi) is 4.40. The van der Waals surface area contributed by atoms with Crippen LogP contribution in [-0.2, 0) is 16.9 Å². The number of benzene rings is 3. The number of fused-ring (bicyclic) bond motifs is 2. The Morgan fingerprint density at radius 1 is 0.794 bits per heavy atom. The van der Waals surface area contributed by atoms with Crippen molar-refractivity contribution in [2.45, 2.75) is 4.90 Å². The molecule has 8 heteroatoms. The summed E-state index contributed by atoms with van der Waals surface area (Å²) in [6, 6.07) is 25.5. The van der Waals surface area contributed by atoms with Gasteiger partial charge in [-0.2, -0.15) is 0 Å². The highest BCUT2D eigenvalue weighted by molar-refractivity contribution is 7.97. The van der Waals surface area contributed by atoms with Crippen LogP contribution in [0, 0.1) is 0 Å². The molecule has 0 aliphatic carbocycles. The minimum absolute atomic E-state index is 0.0260. The van der Waals surface area contributed by atoms with Crippen molar-refractivity contribution in [2.75, 3.05) is 0 Å². The van der Waals surface area contributed by atoms with Gasteiger partial charge >= 0.3 is 0 Å². The summed E-state index contributed by atoms with van der Waals surface area (Å²) in [7, 11) is -2.08. The molecule has 1 aliphatic rings. The van der Waals surface area contributed by atoms with Gasteiger partial charge < -0.3 is 4.57 Å². The number of hydrogen-bond donors (Lipinski definition) is 0. The maximum absolute atomic E-state index is 13.2. The van der Waals surface area contributed by atoms with Crippen LogP contribution in [0.25, 0.3) is 34.4 Å². The summed E-state index contributed by atoms with van der Waals surface area (Å²) in [6.07, 6.45) is 1.36. The maximum Gasteiger partial charge on any atom is 0.211 e. The molecule has 3 aromatic carbocycles.